The molecule has 3 saturated heterocycles. The van der Waals surface area contributed by atoms with E-state index in [4.69, 9.17) is 18.9 Å². The molecule has 0 spiro atoms. The number of ketones is 3. The van der Waals surface area contributed by atoms with Crippen LogP contribution in [0.1, 0.15) is 152 Å². The van der Waals surface area contributed by atoms with Gasteiger partial charge in [-0.15, -0.1) is 12.4 Å². The standard InChI is InChI=1S/C22H26N2O4.C21H22N2O5.C21H24N2O5.ClH/c1-15-8-9-17(18(25)14-15)24-21(26)16-6-5-7-19(20(16)22(24)27)28-13-12-23-10-3-2-4-11-23;1-13-7-8-15(16(24)11-13)23-20(26)14-5-4-6-17(19(14)21(23)27)28-12-18(25)22-9-2-3-10-22;1-14-5-6-16(17(24)13-14)23-20(25)15-3-2-4-18(19(15)21(23)26)28-12-9-22-7-10-27-11-8-22;/h5-7,17H,1-4,8-14H2;4-6,15H,1-3,7-12H2;2-4,16H,1,5-13H2;1H. The SMILES string of the molecule is C=C1CCC(N2C(=O)c3cccc(OCC(=O)N4CCCC4)c3C2=O)C(=O)C1.C=C1CCC(N2C(=O)c3cccc(OCCN4CCCCC4)c3C2=O)C(=O)C1.C=C1CCC(N2C(=O)c3cccc(OCCN4CCOCC4)c3C2=O)C(=O)C1.Cl. The molecule has 0 bridgehead atoms. The van der Waals surface area contributed by atoms with Crippen LogP contribution in [0.3, 0.4) is 0 Å². The summed E-state index contributed by atoms with van der Waals surface area (Å²) in [4.78, 5) is 137. The molecule has 450 valence electrons. The van der Waals surface area contributed by atoms with Gasteiger partial charge in [-0.2, -0.15) is 0 Å². The van der Waals surface area contributed by atoms with E-state index < -0.39 is 53.6 Å². The van der Waals surface area contributed by atoms with E-state index in [1.54, 1.807) is 59.5 Å². The molecule has 6 aliphatic heterocycles. The van der Waals surface area contributed by atoms with Crippen molar-refractivity contribution in [1.29, 1.82) is 0 Å². The average Bonchev–Trinajstić information content (AvgIpc) is 2.35. The molecule has 0 aromatic heterocycles. The van der Waals surface area contributed by atoms with Gasteiger partial charge in [0.1, 0.15) is 30.5 Å². The first-order chi connectivity index (χ1) is 40.6. The Balaban J connectivity index is 0.000000152. The Bertz CT molecular complexity index is 3080. The van der Waals surface area contributed by atoms with E-state index in [9.17, 15) is 47.9 Å². The van der Waals surface area contributed by atoms with Crippen LogP contribution in [0.25, 0.3) is 0 Å². The van der Waals surface area contributed by atoms with Crippen molar-refractivity contribution in [2.24, 2.45) is 0 Å². The number of halogens is 1. The maximum absolute atomic E-state index is 13.1. The summed E-state index contributed by atoms with van der Waals surface area (Å²) >= 11 is 0. The van der Waals surface area contributed by atoms with Crippen molar-refractivity contribution < 1.29 is 66.9 Å². The van der Waals surface area contributed by atoms with E-state index in [2.05, 4.69) is 29.5 Å². The highest BCUT2D eigenvalue weighted by molar-refractivity contribution is 6.26. The van der Waals surface area contributed by atoms with Gasteiger partial charge in [0.25, 0.3) is 41.4 Å². The molecule has 7 amide bonds. The number of nitrogens with zero attached hydrogens (tertiary/aromatic N) is 6. The lowest BCUT2D eigenvalue weighted by Crippen LogP contribution is -2.46. The number of amides is 7. The van der Waals surface area contributed by atoms with Gasteiger partial charge in [-0.25, -0.2) is 0 Å². The molecule has 9 aliphatic rings. The van der Waals surface area contributed by atoms with E-state index in [-0.39, 0.29) is 84.0 Å². The summed E-state index contributed by atoms with van der Waals surface area (Å²) < 4.78 is 22.7. The van der Waals surface area contributed by atoms with Crippen LogP contribution in [0.4, 0.5) is 0 Å². The van der Waals surface area contributed by atoms with Crippen LogP contribution in [-0.4, -0.2) is 192 Å². The lowest BCUT2D eigenvalue weighted by atomic mass is 9.89. The van der Waals surface area contributed by atoms with E-state index in [1.807, 2.05) is 0 Å². The van der Waals surface area contributed by atoms with E-state index in [0.29, 0.717) is 93.1 Å². The second-order valence-electron chi connectivity index (χ2n) is 22.7. The molecule has 3 aromatic rings. The van der Waals surface area contributed by atoms with Gasteiger partial charge >= 0.3 is 0 Å². The van der Waals surface area contributed by atoms with Crippen LogP contribution in [-0.2, 0) is 23.9 Å². The number of morpholine rings is 1. The number of allylic oxidation sites excluding steroid dienone is 3. The summed E-state index contributed by atoms with van der Waals surface area (Å²) in [6.45, 7) is 20.5. The molecule has 20 nitrogen and oxygen atoms in total. The molecule has 12 rings (SSSR count). The first-order valence-electron chi connectivity index (χ1n) is 29.4. The summed E-state index contributed by atoms with van der Waals surface area (Å²) in [5, 5.41) is 0. The molecule has 3 aliphatic carbocycles. The third-order valence-electron chi connectivity index (χ3n) is 17.1. The number of ether oxygens (including phenoxy) is 4. The van der Waals surface area contributed by atoms with Crippen molar-refractivity contribution in [3.8, 4) is 17.2 Å². The lowest BCUT2D eigenvalue weighted by molar-refractivity contribution is -0.132. The maximum atomic E-state index is 13.1. The molecular formula is C64H73ClN6O14. The molecule has 3 atom stereocenters. The van der Waals surface area contributed by atoms with Gasteiger partial charge in [0.2, 0.25) is 0 Å². The smallest absolute Gasteiger partial charge is 0.266 e. The third kappa shape index (κ3) is 13.4. The topological polar surface area (TPSA) is 227 Å². The fraction of sp³-hybridized carbons (Fsp3) is 0.469. The Hall–Kier alpha value is -7.65. The summed E-state index contributed by atoms with van der Waals surface area (Å²) in [6, 6.07) is 12.7. The van der Waals surface area contributed by atoms with Crippen molar-refractivity contribution in [1.82, 2.24) is 29.4 Å². The fourth-order valence-electron chi connectivity index (χ4n) is 12.5. The average molecular weight is 1190 g/mol. The van der Waals surface area contributed by atoms with Crippen LogP contribution in [0.15, 0.2) is 91.1 Å². The number of benzene rings is 3. The number of hydrogen-bond acceptors (Lipinski definition) is 16. The summed E-state index contributed by atoms with van der Waals surface area (Å²) in [5.41, 5.74) is 4.10. The highest BCUT2D eigenvalue weighted by atomic mass is 35.5. The second-order valence-corrected chi connectivity index (χ2v) is 22.7. The van der Waals surface area contributed by atoms with Gasteiger partial charge in [-0.3, -0.25) is 72.4 Å². The second kappa shape index (κ2) is 27.6. The quantitative estimate of drug-likeness (QED) is 0.118. The van der Waals surface area contributed by atoms with Crippen LogP contribution in [0, 0.1) is 0 Å². The third-order valence-corrected chi connectivity index (χ3v) is 17.1. The number of hydrogen-bond donors (Lipinski definition) is 0. The van der Waals surface area contributed by atoms with Gasteiger partial charge < -0.3 is 23.8 Å². The van der Waals surface area contributed by atoms with Crippen molar-refractivity contribution in [3.63, 3.8) is 0 Å². The molecule has 0 N–H and O–H groups in total. The van der Waals surface area contributed by atoms with Gasteiger partial charge in [-0.05, 0) is 114 Å². The molecule has 21 heteroatoms. The van der Waals surface area contributed by atoms with Crippen LogP contribution in [0.5, 0.6) is 17.2 Å². The Morgan fingerprint density at radius 1 is 0.459 bits per heavy atom. The van der Waals surface area contributed by atoms with Crippen LogP contribution < -0.4 is 14.2 Å². The zero-order valence-corrected chi connectivity index (χ0v) is 48.8. The van der Waals surface area contributed by atoms with Crippen molar-refractivity contribution in [2.45, 2.75) is 108 Å². The van der Waals surface area contributed by atoms with Crippen molar-refractivity contribution in [3.05, 3.63) is 124 Å². The zero-order chi connectivity index (χ0) is 59.2. The highest BCUT2D eigenvalue weighted by Crippen LogP contribution is 2.39. The molecule has 85 heavy (non-hydrogen) atoms. The van der Waals surface area contributed by atoms with Gasteiger partial charge in [-0.1, -0.05) is 61.1 Å². The van der Waals surface area contributed by atoms with E-state index in [1.165, 1.54) is 19.3 Å². The first kappa shape index (κ1) is 61.9. The minimum absolute atomic E-state index is 0. The number of fused-ring (bicyclic) bond motifs is 3. The van der Waals surface area contributed by atoms with Gasteiger partial charge in [0, 0.05) is 58.5 Å². The maximum Gasteiger partial charge on any atom is 0.266 e. The van der Waals surface area contributed by atoms with E-state index >= 15 is 0 Å². The molecule has 3 aromatic carbocycles. The fourth-order valence-corrected chi connectivity index (χ4v) is 12.5. The predicted molar refractivity (Wildman–Crippen MR) is 313 cm³/mol. The number of carbonyl (C=O) groups excluding carboxylic acids is 10. The Labute approximate surface area is 500 Å². The Kier molecular flexibility index (Phi) is 20.1. The van der Waals surface area contributed by atoms with Gasteiger partial charge in [0.05, 0.1) is 64.7 Å². The Morgan fingerprint density at radius 2 is 0.812 bits per heavy atom. The number of likely N-dealkylation sites (tertiary alicyclic amines) is 2. The van der Waals surface area contributed by atoms with E-state index in [0.717, 1.165) is 96.6 Å². The molecule has 6 fully saturated rings. The highest BCUT2D eigenvalue weighted by Gasteiger charge is 2.48. The monoisotopic (exact) mass is 1180 g/mol. The largest absolute Gasteiger partial charge is 0.491 e. The number of imide groups is 3. The van der Waals surface area contributed by atoms with Gasteiger partial charge in [0.15, 0.2) is 24.0 Å². The first-order valence-corrected chi connectivity index (χ1v) is 29.4. The normalized spacial score (nSPS) is 22.6. The molecule has 3 saturated carbocycles. The minimum atomic E-state index is -0.767. The molecule has 6 heterocycles. The lowest BCUT2D eigenvalue weighted by Gasteiger charge is -2.29. The van der Waals surface area contributed by atoms with Crippen LogP contribution >= 0.6 is 12.4 Å². The number of rotatable bonds is 14. The van der Waals surface area contributed by atoms with Crippen LogP contribution in [0.2, 0.25) is 0 Å². The molecule has 3 unspecified atom stereocenters. The number of Topliss-reactive ketones (excluding diaryl/α,β-unsaturated/α-hetero) is 3. The summed E-state index contributed by atoms with van der Waals surface area (Å²) in [7, 11) is 0. The Morgan fingerprint density at radius 3 is 1.19 bits per heavy atom. The predicted octanol–water partition coefficient (Wildman–Crippen LogP) is 6.88. The summed E-state index contributed by atoms with van der Waals surface area (Å²) in [6.07, 6.45) is 9.51. The zero-order valence-electron chi connectivity index (χ0n) is 47.9. The number of carbonyl (C=O) groups is 10. The molecular weight excluding hydrogens is 1110 g/mol. The van der Waals surface area contributed by atoms with Crippen molar-refractivity contribution >= 4 is 71.1 Å². The number of piperidine rings is 1. The summed E-state index contributed by atoms with van der Waals surface area (Å²) in [5.74, 6) is -2.18. The van der Waals surface area contributed by atoms with Crippen molar-refractivity contribution in [2.75, 3.05) is 85.4 Å². The minimum Gasteiger partial charge on any atom is -0.491 e. The molecule has 0 radical (unpaired) electrons.